The molecule has 0 fully saturated rings. The van der Waals surface area contributed by atoms with Crippen LogP contribution in [0.15, 0.2) is 59.5 Å². The van der Waals surface area contributed by atoms with Crippen molar-refractivity contribution in [3.05, 3.63) is 60.2 Å². The lowest BCUT2D eigenvalue weighted by atomic mass is 10.2. The molecule has 10 nitrogen and oxygen atoms in total. The first-order valence-electron chi connectivity index (χ1n) is 7.93. The lowest BCUT2D eigenvalue weighted by Gasteiger charge is -2.08. The van der Waals surface area contributed by atoms with Gasteiger partial charge in [-0.25, -0.2) is 16.8 Å². The molecule has 0 aliphatic rings. The number of rotatable bonds is 7. The van der Waals surface area contributed by atoms with Crippen LogP contribution in [0, 0.1) is 0 Å². The largest absolute Gasteiger partial charge is 0.296 e. The number of carbonyl (C=O) groups is 1. The van der Waals surface area contributed by atoms with E-state index in [0.29, 0.717) is 5.69 Å². The number of para-hydroxylation sites is 1. The van der Waals surface area contributed by atoms with Crippen molar-refractivity contribution in [2.45, 2.75) is 4.90 Å². The van der Waals surface area contributed by atoms with Gasteiger partial charge in [0, 0.05) is 11.3 Å². The number of hydrogen-bond donors (Lipinski definition) is 3. The maximum atomic E-state index is 12.4. The van der Waals surface area contributed by atoms with Gasteiger partial charge in [-0.05, 0) is 36.4 Å². The molecule has 0 atom stereocenters. The van der Waals surface area contributed by atoms with Crippen LogP contribution in [0.3, 0.4) is 0 Å². The third-order valence-electron chi connectivity index (χ3n) is 3.37. The molecule has 0 saturated heterocycles. The van der Waals surface area contributed by atoms with E-state index in [0.717, 1.165) is 17.6 Å². The minimum Gasteiger partial charge on any atom is -0.296 e. The number of hydrogen-bond acceptors (Lipinski definition) is 8. The Morgan fingerprint density at radius 1 is 0.862 bits per heavy atom. The van der Waals surface area contributed by atoms with E-state index in [-0.39, 0.29) is 20.7 Å². The summed E-state index contributed by atoms with van der Waals surface area (Å²) in [5, 5.41) is 9.85. The van der Waals surface area contributed by atoms with Crippen LogP contribution in [0.5, 0.6) is 0 Å². The number of anilines is 3. The van der Waals surface area contributed by atoms with Gasteiger partial charge in [0.05, 0.1) is 11.2 Å². The van der Waals surface area contributed by atoms with Crippen LogP contribution in [-0.4, -0.2) is 39.2 Å². The van der Waals surface area contributed by atoms with Crippen molar-refractivity contribution in [2.24, 2.45) is 0 Å². The molecule has 2 aromatic carbocycles. The van der Waals surface area contributed by atoms with Crippen molar-refractivity contribution in [1.29, 1.82) is 0 Å². The molecule has 0 spiro atoms. The first-order valence-corrected chi connectivity index (χ1v) is 12.1. The summed E-state index contributed by atoms with van der Waals surface area (Å²) >= 11 is 0.841. The van der Waals surface area contributed by atoms with E-state index < -0.39 is 26.0 Å². The highest BCUT2D eigenvalue weighted by Crippen LogP contribution is 2.22. The third-order valence-corrected chi connectivity index (χ3v) is 6.22. The molecule has 29 heavy (non-hydrogen) atoms. The van der Waals surface area contributed by atoms with E-state index in [1.807, 2.05) is 0 Å². The average Bonchev–Trinajstić information content (AvgIpc) is 3.07. The van der Waals surface area contributed by atoms with E-state index in [1.165, 1.54) is 24.3 Å². The SMILES string of the molecule is CS(=O)(=O)Nc1nnc(NC(=O)c2ccc(S(=O)(=O)Nc3ccccc3)cc2)s1. The fraction of sp³-hybridized carbons (Fsp3) is 0.0625. The second-order valence-electron chi connectivity index (χ2n) is 5.74. The molecular formula is C16H15N5O5S3. The van der Waals surface area contributed by atoms with E-state index >= 15 is 0 Å². The summed E-state index contributed by atoms with van der Waals surface area (Å²) in [6.45, 7) is 0. The Morgan fingerprint density at radius 3 is 2.10 bits per heavy atom. The summed E-state index contributed by atoms with van der Waals surface area (Å²) in [7, 11) is -7.30. The van der Waals surface area contributed by atoms with Crippen molar-refractivity contribution in [1.82, 2.24) is 10.2 Å². The van der Waals surface area contributed by atoms with Crippen molar-refractivity contribution in [3.8, 4) is 0 Å². The Hall–Kier alpha value is -3.03. The van der Waals surface area contributed by atoms with Crippen LogP contribution in [0.4, 0.5) is 16.0 Å². The molecule has 0 aliphatic carbocycles. The van der Waals surface area contributed by atoms with Gasteiger partial charge in [0.1, 0.15) is 0 Å². The van der Waals surface area contributed by atoms with E-state index in [2.05, 4.69) is 25.0 Å². The lowest BCUT2D eigenvalue weighted by molar-refractivity contribution is 0.102. The molecule has 3 rings (SSSR count). The zero-order valence-electron chi connectivity index (χ0n) is 14.9. The van der Waals surface area contributed by atoms with Gasteiger partial charge in [-0.15, -0.1) is 10.2 Å². The molecule has 1 aromatic heterocycles. The molecule has 3 N–H and O–H groups in total. The molecule has 1 heterocycles. The van der Waals surface area contributed by atoms with Gasteiger partial charge in [0.25, 0.3) is 15.9 Å². The summed E-state index contributed by atoms with van der Waals surface area (Å²) in [4.78, 5) is 12.3. The average molecular weight is 454 g/mol. The van der Waals surface area contributed by atoms with Crippen molar-refractivity contribution >= 4 is 53.2 Å². The molecule has 0 bridgehead atoms. The fourth-order valence-corrected chi connectivity index (χ4v) is 4.68. The predicted molar refractivity (Wildman–Crippen MR) is 110 cm³/mol. The van der Waals surface area contributed by atoms with Crippen LogP contribution in [0.2, 0.25) is 0 Å². The number of carbonyl (C=O) groups excluding carboxylic acids is 1. The molecule has 3 aromatic rings. The number of aromatic nitrogens is 2. The van der Waals surface area contributed by atoms with Crippen molar-refractivity contribution < 1.29 is 21.6 Å². The maximum Gasteiger partial charge on any atom is 0.261 e. The van der Waals surface area contributed by atoms with E-state index in [1.54, 1.807) is 30.3 Å². The quantitative estimate of drug-likeness (QED) is 0.495. The zero-order valence-corrected chi connectivity index (χ0v) is 17.3. The molecule has 13 heteroatoms. The van der Waals surface area contributed by atoms with Crippen LogP contribution < -0.4 is 14.8 Å². The smallest absolute Gasteiger partial charge is 0.261 e. The molecule has 0 saturated carbocycles. The zero-order chi connectivity index (χ0) is 21.1. The van der Waals surface area contributed by atoms with E-state index in [9.17, 15) is 21.6 Å². The highest BCUT2D eigenvalue weighted by molar-refractivity contribution is 7.92. The first-order chi connectivity index (χ1) is 13.6. The van der Waals surface area contributed by atoms with Gasteiger partial charge < -0.3 is 0 Å². The monoisotopic (exact) mass is 453 g/mol. The molecule has 1 amide bonds. The minimum atomic E-state index is -3.80. The third kappa shape index (κ3) is 5.73. The molecule has 0 aliphatic heterocycles. The van der Waals surface area contributed by atoms with Gasteiger partial charge >= 0.3 is 0 Å². The van der Waals surface area contributed by atoms with Crippen molar-refractivity contribution in [2.75, 3.05) is 21.0 Å². The minimum absolute atomic E-state index is 0.00606. The van der Waals surface area contributed by atoms with Gasteiger partial charge in [-0.2, -0.15) is 0 Å². The Kier molecular flexibility index (Phi) is 5.81. The highest BCUT2D eigenvalue weighted by atomic mass is 32.2. The van der Waals surface area contributed by atoms with Gasteiger partial charge in [-0.1, -0.05) is 29.5 Å². The van der Waals surface area contributed by atoms with Gasteiger partial charge in [0.2, 0.25) is 20.3 Å². The number of amides is 1. The maximum absolute atomic E-state index is 12.4. The van der Waals surface area contributed by atoms with Crippen molar-refractivity contribution in [3.63, 3.8) is 0 Å². The Bertz CT molecular complexity index is 1220. The summed E-state index contributed by atoms with van der Waals surface area (Å²) in [5.74, 6) is -0.549. The van der Waals surface area contributed by atoms with Crippen LogP contribution in [0.25, 0.3) is 0 Å². The topological polar surface area (TPSA) is 147 Å². The highest BCUT2D eigenvalue weighted by Gasteiger charge is 2.16. The number of sulfonamides is 2. The predicted octanol–water partition coefficient (Wildman–Crippen LogP) is 1.96. The summed E-state index contributed by atoms with van der Waals surface area (Å²) < 4.78 is 51.7. The first kappa shape index (κ1) is 20.7. The Balaban J connectivity index is 1.69. The molecule has 152 valence electrons. The Morgan fingerprint density at radius 2 is 1.48 bits per heavy atom. The van der Waals surface area contributed by atoms with Crippen LogP contribution in [-0.2, 0) is 20.0 Å². The fourth-order valence-electron chi connectivity index (χ4n) is 2.15. The summed E-state index contributed by atoms with van der Waals surface area (Å²) in [6, 6.07) is 13.7. The summed E-state index contributed by atoms with van der Waals surface area (Å²) in [5.41, 5.74) is 0.612. The number of nitrogens with zero attached hydrogens (tertiary/aromatic N) is 2. The molecule has 0 radical (unpaired) electrons. The second kappa shape index (κ2) is 8.14. The van der Waals surface area contributed by atoms with Gasteiger partial charge in [-0.3, -0.25) is 19.6 Å². The second-order valence-corrected chi connectivity index (χ2v) is 10.1. The van der Waals surface area contributed by atoms with E-state index in [4.69, 9.17) is 0 Å². The number of benzene rings is 2. The molecular weight excluding hydrogens is 438 g/mol. The normalized spacial score (nSPS) is 11.6. The van der Waals surface area contributed by atoms with Gasteiger partial charge in [0.15, 0.2) is 0 Å². The Labute approximate surface area is 171 Å². The van der Waals surface area contributed by atoms with Crippen LogP contribution in [0.1, 0.15) is 10.4 Å². The lowest BCUT2D eigenvalue weighted by Crippen LogP contribution is -2.14. The standard InChI is InChI=1S/C16H15N5O5S3/c1-28(23,24)21-16-19-18-15(27-16)17-14(22)11-7-9-13(10-8-11)29(25,26)20-12-5-3-2-4-6-12/h2-10,20H,1H3,(H,19,21)(H,17,18,22). The molecule has 0 unspecified atom stereocenters. The summed E-state index contributed by atoms with van der Waals surface area (Å²) in [6.07, 6.45) is 0.967. The van der Waals surface area contributed by atoms with Crippen LogP contribution >= 0.6 is 11.3 Å². The number of nitrogens with one attached hydrogen (secondary N) is 3.